The summed E-state index contributed by atoms with van der Waals surface area (Å²) in [5, 5.41) is 31.4. The van der Waals surface area contributed by atoms with Gasteiger partial charge in [-0.3, -0.25) is 0 Å². The number of aliphatic hydroxyl groups is 3. The van der Waals surface area contributed by atoms with E-state index in [1.54, 1.807) is 25.0 Å². The maximum atomic E-state index is 10.8. The highest BCUT2D eigenvalue weighted by Gasteiger charge is 2.63. The fourth-order valence-corrected chi connectivity index (χ4v) is 9.60. The highest BCUT2D eigenvalue weighted by atomic mass is 16.3. The van der Waals surface area contributed by atoms with Gasteiger partial charge in [0.2, 0.25) is 0 Å². The molecule has 0 heterocycles. The number of fused-ring (bicyclic) bond motifs is 4. The molecule has 0 aromatic carbocycles. The van der Waals surface area contributed by atoms with Gasteiger partial charge in [-0.1, -0.05) is 52.7 Å². The Kier molecular flexibility index (Phi) is 6.28. The van der Waals surface area contributed by atoms with Crippen molar-refractivity contribution >= 4 is 0 Å². The van der Waals surface area contributed by atoms with Gasteiger partial charge in [0.05, 0.1) is 17.8 Å². The molecule has 3 N–H and O–H groups in total. The molecule has 0 spiro atoms. The van der Waals surface area contributed by atoms with Crippen LogP contribution < -0.4 is 0 Å². The quantitative estimate of drug-likeness (QED) is 0.403. The Labute approximate surface area is 203 Å². The highest BCUT2D eigenvalue weighted by Crippen LogP contribution is 2.72. The SMILES string of the molecule is CC(CCC(O)C(C)(C)O)C1CCC2(C)C3=C(CCC12C)C1(C)CCC(O)C(C)(C)C1CC3. The molecule has 2 saturated carbocycles. The second kappa shape index (κ2) is 8.07. The van der Waals surface area contributed by atoms with Crippen LogP contribution in [0.2, 0.25) is 0 Å². The summed E-state index contributed by atoms with van der Waals surface area (Å²) in [6, 6.07) is 0. The Bertz CT molecular complexity index is 791. The third-order valence-electron chi connectivity index (χ3n) is 12.2. The first-order valence-electron chi connectivity index (χ1n) is 13.9. The third kappa shape index (κ3) is 3.70. The molecule has 3 nitrogen and oxygen atoms in total. The van der Waals surface area contributed by atoms with E-state index in [0.717, 1.165) is 19.3 Å². The number of aliphatic hydroxyl groups excluding tert-OH is 2. The molecule has 0 radical (unpaired) electrons. The Morgan fingerprint density at radius 3 is 2.21 bits per heavy atom. The van der Waals surface area contributed by atoms with Crippen LogP contribution >= 0.6 is 0 Å². The van der Waals surface area contributed by atoms with Crippen molar-refractivity contribution in [2.75, 3.05) is 0 Å². The monoisotopic (exact) mass is 460 g/mol. The summed E-state index contributed by atoms with van der Waals surface area (Å²) in [4.78, 5) is 0. The molecule has 0 aromatic rings. The number of rotatable bonds is 5. The van der Waals surface area contributed by atoms with Crippen LogP contribution in [-0.4, -0.2) is 33.1 Å². The second-order valence-electron chi connectivity index (χ2n) is 14.5. The molecule has 8 atom stereocenters. The maximum absolute atomic E-state index is 10.8. The minimum Gasteiger partial charge on any atom is -0.393 e. The summed E-state index contributed by atoms with van der Waals surface area (Å²) >= 11 is 0. The summed E-state index contributed by atoms with van der Waals surface area (Å²) in [5.74, 6) is 1.83. The Morgan fingerprint density at radius 1 is 0.909 bits per heavy atom. The Morgan fingerprint density at radius 2 is 1.58 bits per heavy atom. The van der Waals surface area contributed by atoms with Gasteiger partial charge in [-0.05, 0) is 117 Å². The standard InChI is InChI=1S/C30H52O3/c1-19(9-12-25(32)27(4,5)33)20-13-17-30(8)22-10-11-23-26(2,3)24(31)15-16-28(23,6)21(22)14-18-29(20,30)7/h19-20,23-25,31-33H,9-18H2,1-8H3. The summed E-state index contributed by atoms with van der Waals surface area (Å²) in [7, 11) is 0. The molecule has 190 valence electrons. The average Bonchev–Trinajstić information content (AvgIpc) is 3.00. The van der Waals surface area contributed by atoms with Crippen LogP contribution in [-0.2, 0) is 0 Å². The van der Waals surface area contributed by atoms with E-state index < -0.39 is 11.7 Å². The number of hydrogen-bond acceptors (Lipinski definition) is 3. The summed E-state index contributed by atoms with van der Waals surface area (Å²) in [5.41, 5.74) is 3.41. The van der Waals surface area contributed by atoms with E-state index >= 15 is 0 Å². The van der Waals surface area contributed by atoms with Gasteiger partial charge in [-0.2, -0.15) is 0 Å². The van der Waals surface area contributed by atoms with Crippen LogP contribution in [0.1, 0.15) is 120 Å². The molecular weight excluding hydrogens is 408 g/mol. The van der Waals surface area contributed by atoms with E-state index in [1.165, 1.54) is 38.5 Å². The first-order chi connectivity index (χ1) is 15.1. The molecule has 0 saturated heterocycles. The van der Waals surface area contributed by atoms with Crippen LogP contribution in [0.5, 0.6) is 0 Å². The molecule has 0 amide bonds. The normalized spacial score (nSPS) is 44.6. The lowest BCUT2D eigenvalue weighted by Gasteiger charge is -2.62. The van der Waals surface area contributed by atoms with Gasteiger partial charge in [0.25, 0.3) is 0 Å². The predicted molar refractivity (Wildman–Crippen MR) is 136 cm³/mol. The third-order valence-corrected chi connectivity index (χ3v) is 12.2. The zero-order valence-corrected chi connectivity index (χ0v) is 22.8. The molecule has 3 heteroatoms. The summed E-state index contributed by atoms with van der Waals surface area (Å²) in [6.07, 6.45) is 10.5. The number of allylic oxidation sites excluding steroid dienone is 2. The zero-order valence-electron chi connectivity index (χ0n) is 22.8. The lowest BCUT2D eigenvalue weighted by atomic mass is 9.43. The molecule has 8 unspecified atom stereocenters. The van der Waals surface area contributed by atoms with Crippen molar-refractivity contribution in [1.82, 2.24) is 0 Å². The minimum atomic E-state index is -1.02. The average molecular weight is 461 g/mol. The van der Waals surface area contributed by atoms with Crippen LogP contribution in [0.15, 0.2) is 11.1 Å². The molecule has 33 heavy (non-hydrogen) atoms. The predicted octanol–water partition coefficient (Wildman–Crippen LogP) is 6.64. The Hall–Kier alpha value is -0.380. The maximum Gasteiger partial charge on any atom is 0.0849 e. The smallest absolute Gasteiger partial charge is 0.0849 e. The molecule has 0 bridgehead atoms. The molecular formula is C30H52O3. The van der Waals surface area contributed by atoms with Gasteiger partial charge in [-0.15, -0.1) is 0 Å². The van der Waals surface area contributed by atoms with Crippen LogP contribution in [0.4, 0.5) is 0 Å². The van der Waals surface area contributed by atoms with E-state index in [4.69, 9.17) is 0 Å². The molecule has 2 fully saturated rings. The molecule has 4 aliphatic rings. The van der Waals surface area contributed by atoms with Gasteiger partial charge in [0.1, 0.15) is 0 Å². The lowest BCUT2D eigenvalue weighted by Crippen LogP contribution is -2.55. The number of hydrogen-bond donors (Lipinski definition) is 3. The first kappa shape index (κ1) is 25.7. The molecule has 0 aliphatic heterocycles. The molecule has 0 aromatic heterocycles. The second-order valence-corrected chi connectivity index (χ2v) is 14.5. The first-order valence-corrected chi connectivity index (χ1v) is 13.9. The van der Waals surface area contributed by atoms with Crippen LogP contribution in [0.3, 0.4) is 0 Å². The van der Waals surface area contributed by atoms with E-state index in [2.05, 4.69) is 41.5 Å². The fraction of sp³-hybridized carbons (Fsp3) is 0.933. The van der Waals surface area contributed by atoms with Gasteiger partial charge < -0.3 is 15.3 Å². The Balaban J connectivity index is 1.60. The lowest BCUT2D eigenvalue weighted by molar-refractivity contribution is -0.0964. The zero-order chi connectivity index (χ0) is 24.6. The van der Waals surface area contributed by atoms with Crippen molar-refractivity contribution in [3.05, 3.63) is 11.1 Å². The van der Waals surface area contributed by atoms with Gasteiger partial charge in [-0.25, -0.2) is 0 Å². The van der Waals surface area contributed by atoms with Crippen molar-refractivity contribution in [2.24, 2.45) is 39.4 Å². The summed E-state index contributed by atoms with van der Waals surface area (Å²) < 4.78 is 0. The van der Waals surface area contributed by atoms with E-state index in [9.17, 15) is 15.3 Å². The van der Waals surface area contributed by atoms with Crippen molar-refractivity contribution in [3.8, 4) is 0 Å². The fourth-order valence-electron chi connectivity index (χ4n) is 9.60. The largest absolute Gasteiger partial charge is 0.393 e. The van der Waals surface area contributed by atoms with Crippen molar-refractivity contribution in [2.45, 2.75) is 137 Å². The van der Waals surface area contributed by atoms with Gasteiger partial charge in [0.15, 0.2) is 0 Å². The van der Waals surface area contributed by atoms with Crippen molar-refractivity contribution < 1.29 is 15.3 Å². The van der Waals surface area contributed by atoms with E-state index in [-0.39, 0.29) is 22.3 Å². The highest BCUT2D eigenvalue weighted by molar-refractivity contribution is 5.38. The van der Waals surface area contributed by atoms with Crippen molar-refractivity contribution in [3.63, 3.8) is 0 Å². The molecule has 4 rings (SSSR count). The van der Waals surface area contributed by atoms with Crippen molar-refractivity contribution in [1.29, 1.82) is 0 Å². The summed E-state index contributed by atoms with van der Waals surface area (Å²) in [6.45, 7) is 18.2. The van der Waals surface area contributed by atoms with Gasteiger partial charge >= 0.3 is 0 Å². The van der Waals surface area contributed by atoms with E-state index in [1.807, 2.05) is 0 Å². The van der Waals surface area contributed by atoms with E-state index in [0.29, 0.717) is 29.6 Å². The topological polar surface area (TPSA) is 60.7 Å². The van der Waals surface area contributed by atoms with Crippen LogP contribution in [0, 0.1) is 39.4 Å². The molecule has 4 aliphatic carbocycles. The van der Waals surface area contributed by atoms with Crippen LogP contribution in [0.25, 0.3) is 0 Å². The van der Waals surface area contributed by atoms with Gasteiger partial charge in [0, 0.05) is 0 Å². The minimum absolute atomic E-state index is 0.00122.